The van der Waals surface area contributed by atoms with Gasteiger partial charge in [0.15, 0.2) is 0 Å². The van der Waals surface area contributed by atoms with Gasteiger partial charge in [0.2, 0.25) is 0 Å². The van der Waals surface area contributed by atoms with E-state index in [1.165, 1.54) is 77.1 Å². The quantitative estimate of drug-likeness (QED) is 0.166. The van der Waals surface area contributed by atoms with Crippen molar-refractivity contribution in [2.24, 2.45) is 0 Å². The number of nitrogens with zero attached hydrogens (tertiary/aromatic N) is 3. The summed E-state index contributed by atoms with van der Waals surface area (Å²) in [6.07, 6.45) is 0. The zero-order chi connectivity index (χ0) is 38.8. The molecule has 57 heavy (non-hydrogen) atoms. The van der Waals surface area contributed by atoms with Crippen molar-refractivity contribution in [2.75, 3.05) is 4.90 Å². The van der Waals surface area contributed by atoms with Gasteiger partial charge in [-0.05, 0) is 114 Å². The number of aromatic nitrogens is 2. The summed E-state index contributed by atoms with van der Waals surface area (Å²) in [5.41, 5.74) is 16.7. The highest BCUT2D eigenvalue weighted by molar-refractivity contribution is 6.17. The number of fused-ring (bicyclic) bond motifs is 6. The number of anilines is 3. The van der Waals surface area contributed by atoms with Crippen molar-refractivity contribution >= 4 is 60.7 Å². The fourth-order valence-corrected chi connectivity index (χ4v) is 9.03. The first-order valence-electron chi connectivity index (χ1n) is 20.0. The van der Waals surface area contributed by atoms with Crippen LogP contribution < -0.4 is 4.90 Å². The van der Waals surface area contributed by atoms with E-state index in [2.05, 4.69) is 231 Å². The SMILES string of the molecule is Cc1ccccc1-c1cc(N(c2ccccc2)c2c(C(C)(C)C)ccc3c2c2ccccc2n3-c2cccc(-n3c4ccccc4c4ccccc43)c2)ccc1C. The molecule has 8 aromatic carbocycles. The van der Waals surface area contributed by atoms with Crippen LogP contribution in [0.25, 0.3) is 66.1 Å². The van der Waals surface area contributed by atoms with E-state index in [1.54, 1.807) is 0 Å². The second-order valence-corrected chi connectivity index (χ2v) is 16.3. The molecule has 0 bridgehead atoms. The molecule has 0 radical (unpaired) electrons. The molecule has 3 nitrogen and oxygen atoms in total. The molecule has 2 aromatic heterocycles. The summed E-state index contributed by atoms with van der Waals surface area (Å²) < 4.78 is 4.88. The van der Waals surface area contributed by atoms with Gasteiger partial charge in [0.1, 0.15) is 0 Å². The standard InChI is InChI=1S/C54H45N3/c1-36-18-9-10-23-42(36)46-35-41(31-30-37(46)2)55(38-19-7-6-8-20-38)53-47(54(3,4)5)32-33-51-52(53)45-26-13-16-29-50(45)57(51)40-22-17-21-39(34-40)56-48-27-14-11-24-43(48)44-25-12-15-28-49(44)56/h6-35H,1-5H3. The summed E-state index contributed by atoms with van der Waals surface area (Å²) in [6, 6.07) is 66.8. The van der Waals surface area contributed by atoms with Crippen molar-refractivity contribution in [3.05, 3.63) is 199 Å². The third-order valence-electron chi connectivity index (χ3n) is 11.7. The molecule has 0 spiro atoms. The highest BCUT2D eigenvalue weighted by Gasteiger charge is 2.29. The molecule has 3 heteroatoms. The Labute approximate surface area is 334 Å². The molecule has 0 aliphatic carbocycles. The lowest BCUT2D eigenvalue weighted by atomic mass is 9.83. The van der Waals surface area contributed by atoms with Crippen LogP contribution in [0.5, 0.6) is 0 Å². The molecule has 2 heterocycles. The highest BCUT2D eigenvalue weighted by atomic mass is 15.2. The fraction of sp³-hybridized carbons (Fsp3) is 0.111. The lowest BCUT2D eigenvalue weighted by molar-refractivity contribution is 0.592. The molecule has 0 saturated heterocycles. The first kappa shape index (κ1) is 34.6. The van der Waals surface area contributed by atoms with Crippen molar-refractivity contribution in [3.63, 3.8) is 0 Å². The topological polar surface area (TPSA) is 13.1 Å². The number of rotatable bonds is 6. The molecule has 0 aliphatic heterocycles. The van der Waals surface area contributed by atoms with E-state index < -0.39 is 0 Å². The van der Waals surface area contributed by atoms with Gasteiger partial charge in [0, 0.05) is 44.3 Å². The van der Waals surface area contributed by atoms with E-state index in [0.29, 0.717) is 0 Å². The highest BCUT2D eigenvalue weighted by Crippen LogP contribution is 2.49. The molecule has 0 unspecified atom stereocenters. The molecule has 0 atom stereocenters. The Morgan fingerprint density at radius 1 is 0.404 bits per heavy atom. The normalized spacial score (nSPS) is 11.9. The Morgan fingerprint density at radius 2 is 0.947 bits per heavy atom. The Bertz CT molecular complexity index is 3080. The van der Waals surface area contributed by atoms with E-state index >= 15 is 0 Å². The van der Waals surface area contributed by atoms with Crippen LogP contribution in [0.4, 0.5) is 17.1 Å². The minimum atomic E-state index is -0.153. The molecule has 0 N–H and O–H groups in total. The summed E-state index contributed by atoms with van der Waals surface area (Å²) in [7, 11) is 0. The minimum absolute atomic E-state index is 0.153. The van der Waals surface area contributed by atoms with E-state index in [9.17, 15) is 0 Å². The predicted octanol–water partition coefficient (Wildman–Crippen LogP) is 14.9. The molecular weight excluding hydrogens is 691 g/mol. The van der Waals surface area contributed by atoms with E-state index in [4.69, 9.17) is 0 Å². The van der Waals surface area contributed by atoms with Gasteiger partial charge in [-0.2, -0.15) is 0 Å². The van der Waals surface area contributed by atoms with Gasteiger partial charge < -0.3 is 14.0 Å². The average molecular weight is 736 g/mol. The summed E-state index contributed by atoms with van der Waals surface area (Å²) in [5, 5.41) is 4.99. The largest absolute Gasteiger partial charge is 0.309 e. The third-order valence-corrected chi connectivity index (χ3v) is 11.7. The second-order valence-electron chi connectivity index (χ2n) is 16.3. The summed E-state index contributed by atoms with van der Waals surface area (Å²) >= 11 is 0. The van der Waals surface area contributed by atoms with Crippen LogP contribution in [-0.2, 0) is 5.41 Å². The van der Waals surface area contributed by atoms with Crippen LogP contribution in [0.1, 0.15) is 37.5 Å². The Morgan fingerprint density at radius 3 is 1.60 bits per heavy atom. The van der Waals surface area contributed by atoms with Crippen molar-refractivity contribution in [1.29, 1.82) is 0 Å². The molecule has 0 aliphatic rings. The lowest BCUT2D eigenvalue weighted by Crippen LogP contribution is -2.19. The van der Waals surface area contributed by atoms with Crippen LogP contribution in [0.2, 0.25) is 0 Å². The monoisotopic (exact) mass is 735 g/mol. The van der Waals surface area contributed by atoms with E-state index in [1.807, 2.05) is 0 Å². The van der Waals surface area contributed by atoms with Gasteiger partial charge >= 0.3 is 0 Å². The van der Waals surface area contributed by atoms with Gasteiger partial charge in [-0.25, -0.2) is 0 Å². The molecule has 0 saturated carbocycles. The first-order valence-corrected chi connectivity index (χ1v) is 20.0. The van der Waals surface area contributed by atoms with Gasteiger partial charge in [0.05, 0.1) is 27.8 Å². The van der Waals surface area contributed by atoms with E-state index in [0.717, 1.165) is 22.7 Å². The fourth-order valence-electron chi connectivity index (χ4n) is 9.03. The van der Waals surface area contributed by atoms with Gasteiger partial charge in [0.25, 0.3) is 0 Å². The van der Waals surface area contributed by atoms with Crippen molar-refractivity contribution < 1.29 is 0 Å². The van der Waals surface area contributed by atoms with Crippen LogP contribution >= 0.6 is 0 Å². The van der Waals surface area contributed by atoms with Gasteiger partial charge in [-0.3, -0.25) is 0 Å². The molecule has 0 amide bonds. The number of aryl methyl sites for hydroxylation is 2. The van der Waals surface area contributed by atoms with Gasteiger partial charge in [-0.1, -0.05) is 136 Å². The van der Waals surface area contributed by atoms with Crippen LogP contribution in [0, 0.1) is 13.8 Å². The Hall–Kier alpha value is -6.84. The number of benzene rings is 8. The van der Waals surface area contributed by atoms with Gasteiger partial charge in [-0.15, -0.1) is 0 Å². The number of hydrogen-bond acceptors (Lipinski definition) is 1. The Balaban J connectivity index is 1.27. The maximum atomic E-state index is 2.51. The molecule has 10 rings (SSSR count). The second kappa shape index (κ2) is 13.4. The van der Waals surface area contributed by atoms with Crippen LogP contribution in [0.15, 0.2) is 182 Å². The average Bonchev–Trinajstić information content (AvgIpc) is 3.75. The van der Waals surface area contributed by atoms with Crippen LogP contribution in [-0.4, -0.2) is 9.13 Å². The molecule has 0 fully saturated rings. The summed E-state index contributed by atoms with van der Waals surface area (Å²) in [6.45, 7) is 11.4. The predicted molar refractivity (Wildman–Crippen MR) is 243 cm³/mol. The molecular formula is C54H45N3. The zero-order valence-electron chi connectivity index (χ0n) is 33.2. The summed E-state index contributed by atoms with van der Waals surface area (Å²) in [5.74, 6) is 0. The van der Waals surface area contributed by atoms with Crippen molar-refractivity contribution in [2.45, 2.75) is 40.0 Å². The zero-order valence-corrected chi connectivity index (χ0v) is 33.2. The molecule has 10 aromatic rings. The first-order chi connectivity index (χ1) is 27.8. The Kier molecular flexibility index (Phi) is 8.16. The maximum absolute atomic E-state index is 2.51. The minimum Gasteiger partial charge on any atom is -0.309 e. The third kappa shape index (κ3) is 5.65. The maximum Gasteiger partial charge on any atom is 0.0599 e. The van der Waals surface area contributed by atoms with Crippen molar-refractivity contribution in [3.8, 4) is 22.5 Å². The van der Waals surface area contributed by atoms with E-state index in [-0.39, 0.29) is 5.41 Å². The smallest absolute Gasteiger partial charge is 0.0599 e. The number of hydrogen-bond donors (Lipinski definition) is 0. The number of para-hydroxylation sites is 4. The molecule has 276 valence electrons. The lowest BCUT2D eigenvalue weighted by Gasteiger charge is -2.33. The van der Waals surface area contributed by atoms with Crippen molar-refractivity contribution in [1.82, 2.24) is 9.13 Å². The van der Waals surface area contributed by atoms with Crippen LogP contribution in [0.3, 0.4) is 0 Å². The summed E-state index contributed by atoms with van der Waals surface area (Å²) in [4.78, 5) is 2.51.